The predicted octanol–water partition coefficient (Wildman–Crippen LogP) is 1.97. The van der Waals surface area contributed by atoms with Gasteiger partial charge in [-0.15, -0.1) is 0 Å². The highest BCUT2D eigenvalue weighted by molar-refractivity contribution is 5.90. The van der Waals surface area contributed by atoms with Gasteiger partial charge in [0.25, 0.3) is 5.91 Å². The molecule has 110 valence electrons. The lowest BCUT2D eigenvalue weighted by molar-refractivity contribution is 0.0995. The minimum Gasteiger partial charge on any atom is -0.491 e. The van der Waals surface area contributed by atoms with Crippen LogP contribution in [0.3, 0.4) is 0 Å². The van der Waals surface area contributed by atoms with E-state index in [2.05, 4.69) is 15.3 Å². The van der Waals surface area contributed by atoms with Crippen molar-refractivity contribution < 1.29 is 9.53 Å². The largest absolute Gasteiger partial charge is 0.491 e. The molecule has 6 heteroatoms. The first-order chi connectivity index (χ1) is 10.0. The van der Waals surface area contributed by atoms with Crippen LogP contribution >= 0.6 is 0 Å². The molecule has 0 atom stereocenters. The minimum atomic E-state index is -0.596. The number of hydrogen-bond acceptors (Lipinski definition) is 5. The molecule has 2 aromatic rings. The van der Waals surface area contributed by atoms with Crippen molar-refractivity contribution in [2.45, 2.75) is 26.5 Å². The molecule has 0 aliphatic heterocycles. The number of carbonyl (C=O) groups is 1. The van der Waals surface area contributed by atoms with E-state index < -0.39 is 5.91 Å². The number of nitrogens with one attached hydrogen (secondary N) is 1. The average Bonchev–Trinajstić information content (AvgIpc) is 2.46. The van der Waals surface area contributed by atoms with E-state index in [1.807, 2.05) is 38.1 Å². The average molecular weight is 286 g/mol. The van der Waals surface area contributed by atoms with Gasteiger partial charge < -0.3 is 15.8 Å². The molecule has 0 radical (unpaired) electrons. The van der Waals surface area contributed by atoms with Gasteiger partial charge >= 0.3 is 0 Å². The van der Waals surface area contributed by atoms with E-state index >= 15 is 0 Å². The summed E-state index contributed by atoms with van der Waals surface area (Å²) in [6.07, 6.45) is 3.04. The Labute approximate surface area is 123 Å². The lowest BCUT2D eigenvalue weighted by atomic mass is 10.2. The maximum absolute atomic E-state index is 11.0. The summed E-state index contributed by atoms with van der Waals surface area (Å²) in [5.74, 6) is 0.749. The van der Waals surface area contributed by atoms with Crippen LogP contribution in [0.15, 0.2) is 36.7 Å². The van der Waals surface area contributed by atoms with E-state index in [-0.39, 0.29) is 11.8 Å². The summed E-state index contributed by atoms with van der Waals surface area (Å²) >= 11 is 0. The van der Waals surface area contributed by atoms with Crippen molar-refractivity contribution in [3.8, 4) is 5.75 Å². The van der Waals surface area contributed by atoms with Gasteiger partial charge in [0.1, 0.15) is 17.3 Å². The van der Waals surface area contributed by atoms with Gasteiger partial charge in [0, 0.05) is 6.54 Å². The van der Waals surface area contributed by atoms with E-state index in [1.54, 1.807) is 6.20 Å². The van der Waals surface area contributed by atoms with E-state index in [4.69, 9.17) is 10.5 Å². The van der Waals surface area contributed by atoms with Crippen molar-refractivity contribution >= 4 is 11.7 Å². The van der Waals surface area contributed by atoms with Crippen LogP contribution in [-0.4, -0.2) is 22.0 Å². The van der Waals surface area contributed by atoms with Crippen molar-refractivity contribution in [3.05, 3.63) is 47.9 Å². The van der Waals surface area contributed by atoms with E-state index in [0.717, 1.165) is 11.3 Å². The standard InChI is InChI=1S/C15H18N4O2/c1-10(2)21-12-5-3-11(4-6-12)7-18-14-9-17-8-13(19-14)15(16)20/h3-6,8-10H,7H2,1-2H3,(H2,16,20)(H,18,19). The fraction of sp³-hybridized carbons (Fsp3) is 0.267. The van der Waals surface area contributed by atoms with Gasteiger partial charge in [-0.2, -0.15) is 0 Å². The van der Waals surface area contributed by atoms with Gasteiger partial charge in [0.05, 0.1) is 18.5 Å². The Morgan fingerprint density at radius 3 is 2.62 bits per heavy atom. The lowest BCUT2D eigenvalue weighted by Gasteiger charge is -2.10. The van der Waals surface area contributed by atoms with Crippen LogP contribution in [0.2, 0.25) is 0 Å². The molecule has 0 unspecified atom stereocenters. The number of nitrogens with two attached hydrogens (primary N) is 1. The molecule has 1 amide bonds. The fourth-order valence-electron chi connectivity index (χ4n) is 1.72. The number of anilines is 1. The fourth-order valence-corrected chi connectivity index (χ4v) is 1.72. The molecule has 0 bridgehead atoms. The Kier molecular flexibility index (Phi) is 4.71. The second kappa shape index (κ2) is 6.69. The molecule has 0 spiro atoms. The van der Waals surface area contributed by atoms with E-state index in [0.29, 0.717) is 12.4 Å². The smallest absolute Gasteiger partial charge is 0.268 e. The second-order valence-corrected chi connectivity index (χ2v) is 4.82. The quantitative estimate of drug-likeness (QED) is 0.847. The van der Waals surface area contributed by atoms with Crippen LogP contribution in [0, 0.1) is 0 Å². The first-order valence-corrected chi connectivity index (χ1v) is 6.66. The Morgan fingerprint density at radius 2 is 2.00 bits per heavy atom. The third kappa shape index (κ3) is 4.45. The number of ether oxygens (including phenoxy) is 1. The summed E-state index contributed by atoms with van der Waals surface area (Å²) in [5, 5.41) is 3.09. The van der Waals surface area contributed by atoms with Gasteiger partial charge in [-0.1, -0.05) is 12.1 Å². The molecule has 3 N–H and O–H groups in total. The maximum atomic E-state index is 11.0. The summed E-state index contributed by atoms with van der Waals surface area (Å²) < 4.78 is 5.58. The molecule has 0 aliphatic carbocycles. The third-order valence-corrected chi connectivity index (χ3v) is 2.66. The molecule has 21 heavy (non-hydrogen) atoms. The van der Waals surface area contributed by atoms with Crippen molar-refractivity contribution in [3.63, 3.8) is 0 Å². The van der Waals surface area contributed by atoms with Crippen molar-refractivity contribution in [1.29, 1.82) is 0 Å². The highest BCUT2D eigenvalue weighted by Crippen LogP contribution is 2.14. The maximum Gasteiger partial charge on any atom is 0.268 e. The topological polar surface area (TPSA) is 90.1 Å². The van der Waals surface area contributed by atoms with E-state index in [1.165, 1.54) is 6.20 Å². The van der Waals surface area contributed by atoms with Gasteiger partial charge in [-0.25, -0.2) is 4.98 Å². The van der Waals surface area contributed by atoms with E-state index in [9.17, 15) is 4.79 Å². The molecular weight excluding hydrogens is 268 g/mol. The second-order valence-electron chi connectivity index (χ2n) is 4.82. The highest BCUT2D eigenvalue weighted by atomic mass is 16.5. The molecule has 1 aromatic carbocycles. The molecule has 6 nitrogen and oxygen atoms in total. The normalized spacial score (nSPS) is 10.4. The Hall–Kier alpha value is -2.63. The summed E-state index contributed by atoms with van der Waals surface area (Å²) in [6, 6.07) is 7.78. The number of amides is 1. The molecule has 2 rings (SSSR count). The minimum absolute atomic E-state index is 0.140. The summed E-state index contributed by atoms with van der Waals surface area (Å²) in [5.41, 5.74) is 6.37. The third-order valence-electron chi connectivity index (χ3n) is 2.66. The molecule has 0 saturated heterocycles. The Balaban J connectivity index is 1.96. The molecular formula is C15H18N4O2. The lowest BCUT2D eigenvalue weighted by Crippen LogP contribution is -2.14. The van der Waals surface area contributed by atoms with Crippen molar-refractivity contribution in [2.75, 3.05) is 5.32 Å². The number of aromatic nitrogens is 2. The molecule has 1 aromatic heterocycles. The van der Waals surface area contributed by atoms with Crippen LogP contribution in [0.1, 0.15) is 29.9 Å². The van der Waals surface area contributed by atoms with Gasteiger partial charge in [0.2, 0.25) is 0 Å². The van der Waals surface area contributed by atoms with Crippen LogP contribution in [0.5, 0.6) is 5.75 Å². The van der Waals surface area contributed by atoms with Gasteiger partial charge in [-0.05, 0) is 31.5 Å². The number of rotatable bonds is 6. The monoisotopic (exact) mass is 286 g/mol. The van der Waals surface area contributed by atoms with Crippen LogP contribution in [0.4, 0.5) is 5.82 Å². The molecule has 0 saturated carbocycles. The van der Waals surface area contributed by atoms with Gasteiger partial charge in [-0.3, -0.25) is 9.78 Å². The first kappa shape index (κ1) is 14.8. The number of primary amides is 1. The SMILES string of the molecule is CC(C)Oc1ccc(CNc2cncc(C(N)=O)n2)cc1. The predicted molar refractivity (Wildman–Crippen MR) is 80.1 cm³/mol. The molecule has 0 fully saturated rings. The first-order valence-electron chi connectivity index (χ1n) is 6.66. The zero-order valence-electron chi connectivity index (χ0n) is 12.0. The van der Waals surface area contributed by atoms with Crippen molar-refractivity contribution in [2.24, 2.45) is 5.73 Å². The summed E-state index contributed by atoms with van der Waals surface area (Å²) in [4.78, 5) is 19.0. The van der Waals surface area contributed by atoms with Crippen LogP contribution in [0.25, 0.3) is 0 Å². The number of nitrogens with zero attached hydrogens (tertiary/aromatic N) is 2. The number of benzene rings is 1. The number of hydrogen-bond donors (Lipinski definition) is 2. The number of carbonyl (C=O) groups excluding carboxylic acids is 1. The molecule has 1 heterocycles. The summed E-state index contributed by atoms with van der Waals surface area (Å²) in [6.45, 7) is 4.54. The van der Waals surface area contributed by atoms with Crippen molar-refractivity contribution in [1.82, 2.24) is 9.97 Å². The zero-order chi connectivity index (χ0) is 15.2. The molecule has 0 aliphatic rings. The van der Waals surface area contributed by atoms with Crippen LogP contribution in [-0.2, 0) is 6.54 Å². The Bertz CT molecular complexity index is 611. The zero-order valence-corrected chi connectivity index (χ0v) is 12.0. The van der Waals surface area contributed by atoms with Crippen LogP contribution < -0.4 is 15.8 Å². The van der Waals surface area contributed by atoms with Gasteiger partial charge in [0.15, 0.2) is 0 Å². The Morgan fingerprint density at radius 1 is 1.29 bits per heavy atom. The highest BCUT2D eigenvalue weighted by Gasteiger charge is 2.04. The summed E-state index contributed by atoms with van der Waals surface area (Å²) in [7, 11) is 0.